The molecule has 104 valence electrons. The summed E-state index contributed by atoms with van der Waals surface area (Å²) in [5.41, 5.74) is 0.748. The Morgan fingerprint density at radius 3 is 2.75 bits per heavy atom. The lowest BCUT2D eigenvalue weighted by Crippen LogP contribution is -2.14. The number of ketones is 1. The van der Waals surface area contributed by atoms with Gasteiger partial charge in [0.1, 0.15) is 0 Å². The van der Waals surface area contributed by atoms with Crippen LogP contribution in [0.1, 0.15) is 36.2 Å². The Bertz CT molecular complexity index is 619. The third-order valence-corrected chi connectivity index (χ3v) is 4.98. The van der Waals surface area contributed by atoms with Crippen molar-refractivity contribution in [3.05, 3.63) is 46.7 Å². The first-order valence-corrected chi connectivity index (χ1v) is 8.31. The van der Waals surface area contributed by atoms with Gasteiger partial charge in [-0.1, -0.05) is 39.8 Å². The van der Waals surface area contributed by atoms with Crippen LogP contribution in [0.15, 0.2) is 46.3 Å². The van der Waals surface area contributed by atoms with Crippen molar-refractivity contribution in [1.29, 1.82) is 0 Å². The third-order valence-electron chi connectivity index (χ3n) is 3.35. The van der Waals surface area contributed by atoms with E-state index in [-0.39, 0.29) is 11.0 Å². The van der Waals surface area contributed by atoms with Crippen LogP contribution < -0.4 is 0 Å². The molecule has 1 heterocycles. The van der Waals surface area contributed by atoms with Gasteiger partial charge >= 0.3 is 0 Å². The first-order valence-electron chi connectivity index (χ1n) is 6.64. The van der Waals surface area contributed by atoms with E-state index >= 15 is 0 Å². The van der Waals surface area contributed by atoms with E-state index < -0.39 is 0 Å². The summed E-state index contributed by atoms with van der Waals surface area (Å²) in [6, 6.07) is 8.11. The van der Waals surface area contributed by atoms with Gasteiger partial charge in [-0.25, -0.2) is 4.98 Å². The molecule has 0 aliphatic heterocycles. The molecule has 0 spiro atoms. The van der Waals surface area contributed by atoms with E-state index in [2.05, 4.69) is 25.5 Å². The Hall–Kier alpha value is -1.07. The second-order valence-corrected chi connectivity index (χ2v) is 7.20. The van der Waals surface area contributed by atoms with Gasteiger partial charge in [-0.05, 0) is 31.9 Å². The zero-order chi connectivity index (χ0) is 14.1. The Labute approximate surface area is 130 Å². The first-order chi connectivity index (χ1) is 9.65. The number of hydrogen-bond acceptors (Lipinski definition) is 3. The van der Waals surface area contributed by atoms with Crippen LogP contribution in [0, 0.1) is 0 Å². The predicted octanol–water partition coefficient (Wildman–Crippen LogP) is 4.34. The van der Waals surface area contributed by atoms with E-state index in [1.807, 2.05) is 43.6 Å². The number of benzene rings is 1. The molecule has 1 aliphatic carbocycles. The number of carbonyl (C=O) groups excluding carboxylic acids is 1. The van der Waals surface area contributed by atoms with Crippen LogP contribution in [0.4, 0.5) is 0 Å². The van der Waals surface area contributed by atoms with Crippen molar-refractivity contribution in [2.24, 2.45) is 0 Å². The average molecular weight is 351 g/mol. The molecule has 0 N–H and O–H groups in total. The van der Waals surface area contributed by atoms with Gasteiger partial charge in [0.05, 0.1) is 5.25 Å². The Balaban J connectivity index is 1.72. The summed E-state index contributed by atoms with van der Waals surface area (Å²) in [6.45, 7) is 1.95. The molecule has 0 bridgehead atoms. The molecule has 5 heteroatoms. The normalized spacial score (nSPS) is 16.1. The summed E-state index contributed by atoms with van der Waals surface area (Å²) in [6.07, 6.45) is 6.27. The fourth-order valence-corrected chi connectivity index (χ4v) is 3.36. The van der Waals surface area contributed by atoms with Crippen LogP contribution in [0.5, 0.6) is 0 Å². The molecule has 20 heavy (non-hydrogen) atoms. The molecular formula is C15H15BrN2OS. The number of imidazole rings is 1. The molecule has 1 fully saturated rings. The van der Waals surface area contributed by atoms with Crippen LogP contribution in [0.25, 0.3) is 0 Å². The number of rotatable bonds is 5. The third kappa shape index (κ3) is 2.99. The molecule has 3 nitrogen and oxygen atoms in total. The molecule has 1 aromatic heterocycles. The summed E-state index contributed by atoms with van der Waals surface area (Å²) in [5.74, 6) is 0.146. The lowest BCUT2D eigenvalue weighted by atomic mass is 10.1. The van der Waals surface area contributed by atoms with Crippen molar-refractivity contribution >= 4 is 33.5 Å². The Morgan fingerprint density at radius 2 is 2.10 bits per heavy atom. The molecule has 1 aliphatic rings. The largest absolute Gasteiger partial charge is 0.323 e. The van der Waals surface area contributed by atoms with Gasteiger partial charge in [0.2, 0.25) is 0 Å². The fraction of sp³-hybridized carbons (Fsp3) is 0.333. The summed E-state index contributed by atoms with van der Waals surface area (Å²) in [4.78, 5) is 16.8. The Morgan fingerprint density at radius 1 is 1.40 bits per heavy atom. The van der Waals surface area contributed by atoms with Crippen LogP contribution in [-0.2, 0) is 0 Å². The van der Waals surface area contributed by atoms with Crippen LogP contribution in [0.2, 0.25) is 0 Å². The molecule has 1 atom stereocenters. The number of nitrogens with zero attached hydrogens (tertiary/aromatic N) is 2. The topological polar surface area (TPSA) is 34.9 Å². The number of thioether (sulfide) groups is 1. The van der Waals surface area contributed by atoms with Crippen molar-refractivity contribution in [2.45, 2.75) is 36.2 Å². The molecule has 3 rings (SSSR count). The van der Waals surface area contributed by atoms with Gasteiger partial charge in [0.15, 0.2) is 10.9 Å². The van der Waals surface area contributed by atoms with Gasteiger partial charge < -0.3 is 4.57 Å². The highest BCUT2D eigenvalue weighted by molar-refractivity contribution is 9.10. The highest BCUT2D eigenvalue weighted by atomic mass is 79.9. The lowest BCUT2D eigenvalue weighted by Gasteiger charge is -2.11. The molecule has 0 radical (unpaired) electrons. The molecule has 1 unspecified atom stereocenters. The van der Waals surface area contributed by atoms with Crippen molar-refractivity contribution < 1.29 is 4.79 Å². The van der Waals surface area contributed by atoms with E-state index in [1.165, 1.54) is 12.8 Å². The lowest BCUT2D eigenvalue weighted by molar-refractivity contribution is 0.0994. The highest BCUT2D eigenvalue weighted by Crippen LogP contribution is 2.38. The number of hydrogen-bond donors (Lipinski definition) is 0. The van der Waals surface area contributed by atoms with E-state index in [1.54, 1.807) is 11.8 Å². The molecule has 2 aromatic rings. The molecule has 1 saturated carbocycles. The van der Waals surface area contributed by atoms with Crippen molar-refractivity contribution in [3.63, 3.8) is 0 Å². The second-order valence-electron chi connectivity index (χ2n) is 4.98. The summed E-state index contributed by atoms with van der Waals surface area (Å²) >= 11 is 4.93. The van der Waals surface area contributed by atoms with E-state index in [0.717, 1.165) is 15.2 Å². The predicted molar refractivity (Wildman–Crippen MR) is 84.3 cm³/mol. The minimum atomic E-state index is -0.129. The highest BCUT2D eigenvalue weighted by Gasteiger charge is 2.27. The maximum atomic E-state index is 12.4. The van der Waals surface area contributed by atoms with Crippen LogP contribution in [-0.4, -0.2) is 20.6 Å². The maximum Gasteiger partial charge on any atom is 0.175 e. The van der Waals surface area contributed by atoms with E-state index in [9.17, 15) is 4.79 Å². The molecular weight excluding hydrogens is 336 g/mol. The molecule has 1 aromatic carbocycles. The van der Waals surface area contributed by atoms with E-state index in [0.29, 0.717) is 6.04 Å². The Kier molecular flexibility index (Phi) is 3.98. The smallest absolute Gasteiger partial charge is 0.175 e. The first kappa shape index (κ1) is 13.9. The molecule has 0 saturated heterocycles. The summed E-state index contributed by atoms with van der Waals surface area (Å²) in [7, 11) is 0. The van der Waals surface area contributed by atoms with Gasteiger partial charge in [-0.2, -0.15) is 0 Å². The van der Waals surface area contributed by atoms with Gasteiger partial charge in [-0.3, -0.25) is 4.79 Å². The van der Waals surface area contributed by atoms with Gasteiger partial charge in [0.25, 0.3) is 0 Å². The van der Waals surface area contributed by atoms with Crippen molar-refractivity contribution in [3.8, 4) is 0 Å². The quantitative estimate of drug-likeness (QED) is 0.594. The van der Waals surface area contributed by atoms with Crippen molar-refractivity contribution in [1.82, 2.24) is 9.55 Å². The average Bonchev–Trinajstić information content (AvgIpc) is 3.19. The molecule has 0 amide bonds. The number of carbonyl (C=O) groups is 1. The van der Waals surface area contributed by atoms with Gasteiger partial charge in [-0.15, -0.1) is 0 Å². The summed E-state index contributed by atoms with van der Waals surface area (Å²) in [5, 5.41) is 0.821. The monoisotopic (exact) mass is 350 g/mol. The zero-order valence-corrected chi connectivity index (χ0v) is 13.5. The SMILES string of the molecule is CC(Sc1nccn1C1CC1)C(=O)c1ccc(Br)cc1. The van der Waals surface area contributed by atoms with Gasteiger partial charge in [0, 0.05) is 28.5 Å². The fourth-order valence-electron chi connectivity index (χ4n) is 2.08. The standard InChI is InChI=1S/C15H15BrN2OS/c1-10(14(19)11-2-4-12(16)5-3-11)20-15-17-8-9-18(15)13-6-7-13/h2-5,8-10,13H,6-7H2,1H3. The number of halogens is 1. The zero-order valence-electron chi connectivity index (χ0n) is 11.1. The minimum absolute atomic E-state index is 0.129. The summed E-state index contributed by atoms with van der Waals surface area (Å²) < 4.78 is 3.18. The van der Waals surface area contributed by atoms with E-state index in [4.69, 9.17) is 0 Å². The van der Waals surface area contributed by atoms with Crippen LogP contribution in [0.3, 0.4) is 0 Å². The van der Waals surface area contributed by atoms with Crippen LogP contribution >= 0.6 is 27.7 Å². The second kappa shape index (κ2) is 5.74. The number of aromatic nitrogens is 2. The van der Waals surface area contributed by atoms with Crippen molar-refractivity contribution in [2.75, 3.05) is 0 Å². The maximum absolute atomic E-state index is 12.4. The minimum Gasteiger partial charge on any atom is -0.323 e. The number of Topliss-reactive ketones (excluding diaryl/α,β-unsaturated/α-hetero) is 1.